The number of aromatic nitrogens is 1. The van der Waals surface area contributed by atoms with Gasteiger partial charge in [-0.2, -0.15) is 0 Å². The first-order valence-corrected chi connectivity index (χ1v) is 9.38. The van der Waals surface area contributed by atoms with Gasteiger partial charge in [-0.25, -0.2) is 4.98 Å². The Morgan fingerprint density at radius 2 is 2.19 bits per heavy atom. The van der Waals surface area contributed by atoms with E-state index in [0.717, 1.165) is 40.7 Å². The highest BCUT2D eigenvalue weighted by molar-refractivity contribution is 7.22. The molecule has 0 bridgehead atoms. The Morgan fingerprint density at radius 1 is 1.31 bits per heavy atom. The molecule has 0 unspecified atom stereocenters. The zero-order valence-corrected chi connectivity index (χ0v) is 15.4. The second-order valence-corrected chi connectivity index (χ2v) is 7.51. The average molecular weight is 369 g/mol. The molecule has 0 saturated heterocycles. The molecule has 2 aliphatic heterocycles. The van der Waals surface area contributed by atoms with Crippen LogP contribution < -0.4 is 19.5 Å². The summed E-state index contributed by atoms with van der Waals surface area (Å²) in [5.41, 5.74) is 3.34. The SMILES string of the molecule is COc1c2c(cc3c1[C@H](Nc1nc4ccccc4s1)N(C)CC3)OCO2. The molecule has 3 aromatic rings. The maximum atomic E-state index is 5.74. The first-order valence-electron chi connectivity index (χ1n) is 8.56. The van der Waals surface area contributed by atoms with Gasteiger partial charge >= 0.3 is 0 Å². The number of methoxy groups -OCH3 is 1. The quantitative estimate of drug-likeness (QED) is 0.761. The first-order chi connectivity index (χ1) is 12.7. The minimum atomic E-state index is -0.0382. The lowest BCUT2D eigenvalue weighted by Crippen LogP contribution is -2.37. The number of benzene rings is 2. The number of ether oxygens (including phenoxy) is 3. The maximum Gasteiger partial charge on any atom is 0.231 e. The van der Waals surface area contributed by atoms with Crippen LogP contribution in [0.4, 0.5) is 5.13 Å². The number of fused-ring (bicyclic) bond motifs is 3. The number of hydrogen-bond acceptors (Lipinski definition) is 7. The lowest BCUT2D eigenvalue weighted by atomic mass is 9.95. The zero-order chi connectivity index (χ0) is 17.7. The molecule has 0 fully saturated rings. The molecule has 0 radical (unpaired) electrons. The molecule has 0 amide bonds. The van der Waals surface area contributed by atoms with Gasteiger partial charge in [-0.1, -0.05) is 23.5 Å². The Hall–Kier alpha value is -2.51. The highest BCUT2D eigenvalue weighted by Crippen LogP contribution is 2.49. The Kier molecular flexibility index (Phi) is 3.65. The molecule has 1 atom stereocenters. The van der Waals surface area contributed by atoms with Crippen molar-refractivity contribution in [2.45, 2.75) is 12.6 Å². The summed E-state index contributed by atoms with van der Waals surface area (Å²) in [6.45, 7) is 1.18. The van der Waals surface area contributed by atoms with Crippen molar-refractivity contribution in [3.63, 3.8) is 0 Å². The fourth-order valence-electron chi connectivity index (χ4n) is 3.67. The summed E-state index contributed by atoms with van der Waals surface area (Å²) >= 11 is 1.66. The van der Waals surface area contributed by atoms with E-state index < -0.39 is 0 Å². The van der Waals surface area contributed by atoms with E-state index in [4.69, 9.17) is 19.2 Å². The number of nitrogens with one attached hydrogen (secondary N) is 1. The number of para-hydroxylation sites is 1. The van der Waals surface area contributed by atoms with Crippen LogP contribution in [0.25, 0.3) is 10.2 Å². The van der Waals surface area contributed by atoms with Crippen molar-refractivity contribution in [1.82, 2.24) is 9.88 Å². The average Bonchev–Trinajstić information content (AvgIpc) is 3.28. The van der Waals surface area contributed by atoms with Gasteiger partial charge in [-0.3, -0.25) is 4.90 Å². The number of likely N-dealkylation sites (N-methyl/N-ethyl adjacent to an activating group) is 1. The third kappa shape index (κ3) is 2.39. The van der Waals surface area contributed by atoms with Gasteiger partial charge in [0.15, 0.2) is 16.6 Å². The third-order valence-electron chi connectivity index (χ3n) is 4.95. The Morgan fingerprint density at radius 3 is 3.04 bits per heavy atom. The van der Waals surface area contributed by atoms with E-state index in [1.165, 1.54) is 10.3 Å². The second kappa shape index (κ2) is 6.03. The van der Waals surface area contributed by atoms with Crippen molar-refractivity contribution >= 4 is 26.7 Å². The monoisotopic (exact) mass is 369 g/mol. The van der Waals surface area contributed by atoms with Crippen LogP contribution in [-0.2, 0) is 6.42 Å². The first kappa shape index (κ1) is 15.7. The number of anilines is 1. The molecule has 0 saturated carbocycles. The number of nitrogens with zero attached hydrogens (tertiary/aromatic N) is 2. The molecule has 6 nitrogen and oxygen atoms in total. The van der Waals surface area contributed by atoms with Gasteiger partial charge in [0, 0.05) is 12.1 Å². The molecular formula is C19H19N3O3S. The highest BCUT2D eigenvalue weighted by atomic mass is 32.1. The lowest BCUT2D eigenvalue weighted by Gasteiger charge is -2.36. The predicted octanol–water partition coefficient (Wildman–Crippen LogP) is 3.63. The molecule has 0 aliphatic carbocycles. The Balaban J connectivity index is 1.59. The molecule has 2 aliphatic rings. The van der Waals surface area contributed by atoms with Crippen molar-refractivity contribution in [3.8, 4) is 17.2 Å². The number of thiazole rings is 1. The van der Waals surface area contributed by atoms with Crippen LogP contribution >= 0.6 is 11.3 Å². The van der Waals surface area contributed by atoms with Crippen LogP contribution in [0.5, 0.6) is 17.2 Å². The Bertz CT molecular complexity index is 955. The summed E-state index contributed by atoms with van der Waals surface area (Å²) in [5, 5.41) is 4.50. The van der Waals surface area contributed by atoms with E-state index in [1.807, 2.05) is 18.2 Å². The molecule has 3 heterocycles. The van der Waals surface area contributed by atoms with Crippen LogP contribution in [0.15, 0.2) is 30.3 Å². The van der Waals surface area contributed by atoms with Crippen LogP contribution in [0.2, 0.25) is 0 Å². The molecule has 1 aromatic heterocycles. The molecule has 26 heavy (non-hydrogen) atoms. The van der Waals surface area contributed by atoms with Crippen LogP contribution in [0.1, 0.15) is 17.3 Å². The topological polar surface area (TPSA) is 55.9 Å². The van der Waals surface area contributed by atoms with Crippen molar-refractivity contribution in [1.29, 1.82) is 0 Å². The minimum Gasteiger partial charge on any atom is -0.492 e. The van der Waals surface area contributed by atoms with Crippen LogP contribution in [-0.4, -0.2) is 37.4 Å². The summed E-state index contributed by atoms with van der Waals surface area (Å²) in [6, 6.07) is 10.3. The standard InChI is InChI=1S/C19H19N3O3S/c1-22-8-7-11-9-13-16(25-10-24-13)17(23-2)15(11)18(22)21-19-20-12-5-3-4-6-14(12)26-19/h3-6,9,18H,7-8,10H2,1-2H3,(H,20,21)/t18-/m1/s1. The van der Waals surface area contributed by atoms with E-state index in [2.05, 4.69) is 29.4 Å². The van der Waals surface area contributed by atoms with E-state index >= 15 is 0 Å². The summed E-state index contributed by atoms with van der Waals surface area (Å²) in [4.78, 5) is 7.00. The predicted molar refractivity (Wildman–Crippen MR) is 101 cm³/mol. The molecule has 134 valence electrons. The molecular weight excluding hydrogens is 350 g/mol. The van der Waals surface area contributed by atoms with Gasteiger partial charge in [0.05, 0.1) is 17.3 Å². The van der Waals surface area contributed by atoms with Crippen molar-refractivity contribution in [2.75, 3.05) is 32.8 Å². The normalized spacial score (nSPS) is 18.8. The van der Waals surface area contributed by atoms with Gasteiger partial charge in [0.25, 0.3) is 0 Å². The zero-order valence-electron chi connectivity index (χ0n) is 14.6. The molecule has 1 N–H and O–H groups in total. The smallest absolute Gasteiger partial charge is 0.231 e. The van der Waals surface area contributed by atoms with Gasteiger partial charge in [0.2, 0.25) is 12.5 Å². The molecule has 2 aromatic carbocycles. The van der Waals surface area contributed by atoms with Crippen molar-refractivity contribution < 1.29 is 14.2 Å². The fraction of sp³-hybridized carbons (Fsp3) is 0.316. The minimum absolute atomic E-state index is 0.0382. The van der Waals surface area contributed by atoms with Gasteiger partial charge in [-0.05, 0) is 37.2 Å². The van der Waals surface area contributed by atoms with E-state index in [9.17, 15) is 0 Å². The molecule has 7 heteroatoms. The van der Waals surface area contributed by atoms with Gasteiger partial charge in [-0.15, -0.1) is 0 Å². The van der Waals surface area contributed by atoms with Gasteiger partial charge in [0.1, 0.15) is 6.17 Å². The summed E-state index contributed by atoms with van der Waals surface area (Å²) in [7, 11) is 3.79. The highest BCUT2D eigenvalue weighted by Gasteiger charge is 2.34. The van der Waals surface area contributed by atoms with Crippen molar-refractivity contribution in [2.24, 2.45) is 0 Å². The second-order valence-electron chi connectivity index (χ2n) is 6.48. The van der Waals surface area contributed by atoms with Crippen LogP contribution in [0.3, 0.4) is 0 Å². The molecule has 0 spiro atoms. The summed E-state index contributed by atoms with van der Waals surface area (Å²) < 4.78 is 18.2. The summed E-state index contributed by atoms with van der Waals surface area (Å²) in [6.07, 6.45) is 0.903. The van der Waals surface area contributed by atoms with Gasteiger partial charge < -0.3 is 19.5 Å². The number of rotatable bonds is 3. The largest absolute Gasteiger partial charge is 0.492 e. The van der Waals surface area contributed by atoms with Crippen LogP contribution in [0, 0.1) is 0 Å². The third-order valence-corrected chi connectivity index (χ3v) is 5.92. The maximum absolute atomic E-state index is 5.74. The molecule has 5 rings (SSSR count). The van der Waals surface area contributed by atoms with E-state index in [0.29, 0.717) is 5.75 Å². The summed E-state index contributed by atoms with van der Waals surface area (Å²) in [5.74, 6) is 2.21. The van der Waals surface area contributed by atoms with Crippen molar-refractivity contribution in [3.05, 3.63) is 41.5 Å². The fourth-order valence-corrected chi connectivity index (χ4v) is 4.55. The van der Waals surface area contributed by atoms with E-state index in [1.54, 1.807) is 18.4 Å². The Labute approximate surface area is 155 Å². The lowest BCUT2D eigenvalue weighted by molar-refractivity contribution is 0.170. The van der Waals surface area contributed by atoms with E-state index in [-0.39, 0.29) is 13.0 Å². The number of hydrogen-bond donors (Lipinski definition) is 1.